The van der Waals surface area contributed by atoms with Gasteiger partial charge >= 0.3 is 0 Å². The molecule has 0 saturated heterocycles. The molecule has 1 aliphatic rings. The van der Waals surface area contributed by atoms with Crippen LogP contribution in [-0.2, 0) is 11.8 Å². The van der Waals surface area contributed by atoms with Gasteiger partial charge in [-0.15, -0.1) is 0 Å². The Labute approximate surface area is 116 Å². The molecule has 19 heavy (non-hydrogen) atoms. The second-order valence-corrected chi connectivity index (χ2v) is 5.66. The molecule has 0 bridgehead atoms. The largest absolute Gasteiger partial charge is 0.377 e. The second kappa shape index (κ2) is 6.53. The zero-order valence-corrected chi connectivity index (χ0v) is 12.7. The first-order valence-corrected chi connectivity index (χ1v) is 7.44. The summed E-state index contributed by atoms with van der Waals surface area (Å²) in [4.78, 5) is 0. The molecule has 0 amide bonds. The molecular weight excluding hydrogens is 238 g/mol. The van der Waals surface area contributed by atoms with Crippen molar-refractivity contribution in [2.75, 3.05) is 13.2 Å². The number of hydrogen-bond acceptors (Lipinski definition) is 3. The smallest absolute Gasteiger partial charge is 0.0644 e. The molecule has 1 unspecified atom stereocenters. The third-order valence-electron chi connectivity index (χ3n) is 4.21. The number of rotatable bonds is 6. The summed E-state index contributed by atoms with van der Waals surface area (Å²) in [6, 6.07) is 0.334. The fourth-order valence-corrected chi connectivity index (χ4v) is 3.07. The van der Waals surface area contributed by atoms with Crippen molar-refractivity contribution in [2.24, 2.45) is 7.05 Å². The van der Waals surface area contributed by atoms with Gasteiger partial charge in [-0.1, -0.05) is 12.8 Å². The average molecular weight is 265 g/mol. The van der Waals surface area contributed by atoms with E-state index < -0.39 is 0 Å². The molecule has 0 aliphatic heterocycles. The first-order valence-electron chi connectivity index (χ1n) is 7.44. The quantitative estimate of drug-likeness (QED) is 0.804. The minimum Gasteiger partial charge on any atom is -0.377 e. The van der Waals surface area contributed by atoms with Gasteiger partial charge in [0.15, 0.2) is 0 Å². The van der Waals surface area contributed by atoms with Crippen LogP contribution in [-0.4, -0.2) is 29.0 Å². The Balaban J connectivity index is 1.75. The van der Waals surface area contributed by atoms with Crippen LogP contribution >= 0.6 is 0 Å². The molecule has 1 fully saturated rings. The van der Waals surface area contributed by atoms with Gasteiger partial charge < -0.3 is 10.1 Å². The van der Waals surface area contributed by atoms with Crippen LogP contribution in [0.5, 0.6) is 0 Å². The SMILES string of the molecule is Cc1nn(C)c(C)c1C(C)NCCOC1CCCC1. The van der Waals surface area contributed by atoms with Crippen LogP contribution in [0.2, 0.25) is 0 Å². The minimum atomic E-state index is 0.334. The summed E-state index contributed by atoms with van der Waals surface area (Å²) in [6.07, 6.45) is 5.68. The summed E-state index contributed by atoms with van der Waals surface area (Å²) in [5, 5.41) is 8.01. The Morgan fingerprint density at radius 2 is 2.05 bits per heavy atom. The Bertz CT molecular complexity index is 408. The van der Waals surface area contributed by atoms with Gasteiger partial charge in [0.1, 0.15) is 0 Å². The summed E-state index contributed by atoms with van der Waals surface area (Å²) in [7, 11) is 2.00. The van der Waals surface area contributed by atoms with E-state index in [0.29, 0.717) is 12.1 Å². The first-order chi connectivity index (χ1) is 9.09. The van der Waals surface area contributed by atoms with Crippen LogP contribution in [0.15, 0.2) is 0 Å². The fourth-order valence-electron chi connectivity index (χ4n) is 3.07. The summed E-state index contributed by atoms with van der Waals surface area (Å²) >= 11 is 0. The molecule has 108 valence electrons. The van der Waals surface area contributed by atoms with E-state index in [1.54, 1.807) is 0 Å². The lowest BCUT2D eigenvalue weighted by Gasteiger charge is -2.16. The van der Waals surface area contributed by atoms with Crippen LogP contribution in [0.1, 0.15) is 55.6 Å². The monoisotopic (exact) mass is 265 g/mol. The number of aryl methyl sites for hydroxylation is 2. The van der Waals surface area contributed by atoms with E-state index in [-0.39, 0.29) is 0 Å². The summed E-state index contributed by atoms with van der Waals surface area (Å²) in [5.41, 5.74) is 3.69. The van der Waals surface area contributed by atoms with E-state index in [1.165, 1.54) is 36.9 Å². The third kappa shape index (κ3) is 3.57. The zero-order chi connectivity index (χ0) is 13.8. The van der Waals surface area contributed by atoms with Crippen LogP contribution in [0.4, 0.5) is 0 Å². The number of ether oxygens (including phenoxy) is 1. The molecule has 1 N–H and O–H groups in total. The van der Waals surface area contributed by atoms with Gasteiger partial charge in [-0.25, -0.2) is 0 Å². The molecule has 4 heteroatoms. The number of nitrogens with zero attached hydrogens (tertiary/aromatic N) is 2. The molecule has 4 nitrogen and oxygen atoms in total. The van der Waals surface area contributed by atoms with E-state index in [0.717, 1.165) is 18.8 Å². The number of aromatic nitrogens is 2. The molecule has 1 aromatic heterocycles. The maximum Gasteiger partial charge on any atom is 0.0644 e. The normalized spacial score (nSPS) is 18.1. The van der Waals surface area contributed by atoms with Crippen LogP contribution in [0.3, 0.4) is 0 Å². The Hall–Kier alpha value is -0.870. The van der Waals surface area contributed by atoms with Gasteiger partial charge in [0.25, 0.3) is 0 Å². The van der Waals surface area contributed by atoms with E-state index in [1.807, 2.05) is 11.7 Å². The maximum atomic E-state index is 5.87. The van der Waals surface area contributed by atoms with Crippen molar-refractivity contribution < 1.29 is 4.74 Å². The number of hydrogen-bond donors (Lipinski definition) is 1. The number of nitrogens with one attached hydrogen (secondary N) is 1. The van der Waals surface area contributed by atoms with E-state index in [9.17, 15) is 0 Å². The molecule has 0 spiro atoms. The molecule has 0 aromatic carbocycles. The molecule has 1 saturated carbocycles. The van der Waals surface area contributed by atoms with Crippen molar-refractivity contribution in [3.05, 3.63) is 17.0 Å². The highest BCUT2D eigenvalue weighted by Gasteiger charge is 2.17. The van der Waals surface area contributed by atoms with E-state index in [2.05, 4.69) is 31.2 Å². The van der Waals surface area contributed by atoms with E-state index >= 15 is 0 Å². The Morgan fingerprint density at radius 1 is 1.37 bits per heavy atom. The minimum absolute atomic E-state index is 0.334. The highest BCUT2D eigenvalue weighted by Crippen LogP contribution is 2.21. The highest BCUT2D eigenvalue weighted by molar-refractivity contribution is 5.27. The van der Waals surface area contributed by atoms with Crippen LogP contribution < -0.4 is 5.32 Å². The molecule has 1 atom stereocenters. The van der Waals surface area contributed by atoms with Crippen molar-refractivity contribution in [2.45, 2.75) is 58.6 Å². The summed E-state index contributed by atoms with van der Waals surface area (Å²) < 4.78 is 7.83. The molecule has 1 aromatic rings. The average Bonchev–Trinajstić information content (AvgIpc) is 2.95. The molecule has 1 heterocycles. The Morgan fingerprint density at radius 3 is 2.63 bits per heavy atom. The third-order valence-corrected chi connectivity index (χ3v) is 4.21. The predicted molar refractivity (Wildman–Crippen MR) is 77.3 cm³/mol. The fraction of sp³-hybridized carbons (Fsp3) is 0.800. The molecule has 2 rings (SSSR count). The van der Waals surface area contributed by atoms with Gasteiger partial charge in [-0.05, 0) is 33.6 Å². The first kappa shape index (κ1) is 14.5. The van der Waals surface area contributed by atoms with Crippen molar-refractivity contribution in [1.82, 2.24) is 15.1 Å². The molecule has 0 radical (unpaired) electrons. The second-order valence-electron chi connectivity index (χ2n) is 5.66. The molecular formula is C15H27N3O. The van der Waals surface area contributed by atoms with Crippen molar-refractivity contribution in [3.8, 4) is 0 Å². The summed E-state index contributed by atoms with van der Waals surface area (Å²) in [6.45, 7) is 8.13. The van der Waals surface area contributed by atoms with Crippen LogP contribution in [0, 0.1) is 13.8 Å². The van der Waals surface area contributed by atoms with Crippen molar-refractivity contribution in [1.29, 1.82) is 0 Å². The molecule has 1 aliphatic carbocycles. The lowest BCUT2D eigenvalue weighted by molar-refractivity contribution is 0.0593. The van der Waals surface area contributed by atoms with Gasteiger partial charge in [0.05, 0.1) is 18.4 Å². The van der Waals surface area contributed by atoms with Crippen molar-refractivity contribution in [3.63, 3.8) is 0 Å². The lowest BCUT2D eigenvalue weighted by atomic mass is 10.1. The topological polar surface area (TPSA) is 39.1 Å². The lowest BCUT2D eigenvalue weighted by Crippen LogP contribution is -2.25. The van der Waals surface area contributed by atoms with Gasteiger partial charge in [0.2, 0.25) is 0 Å². The van der Waals surface area contributed by atoms with Gasteiger partial charge in [0, 0.05) is 30.9 Å². The van der Waals surface area contributed by atoms with E-state index in [4.69, 9.17) is 4.74 Å². The van der Waals surface area contributed by atoms with Crippen LogP contribution in [0.25, 0.3) is 0 Å². The van der Waals surface area contributed by atoms with Crippen molar-refractivity contribution >= 4 is 0 Å². The summed E-state index contributed by atoms with van der Waals surface area (Å²) in [5.74, 6) is 0. The highest BCUT2D eigenvalue weighted by atomic mass is 16.5. The predicted octanol–water partition coefficient (Wildman–Crippen LogP) is 2.65. The van der Waals surface area contributed by atoms with Gasteiger partial charge in [-0.2, -0.15) is 5.10 Å². The Kier molecular flexibility index (Phi) is 4.99. The van der Waals surface area contributed by atoms with Gasteiger partial charge in [-0.3, -0.25) is 4.68 Å². The standard InChI is InChI=1S/C15H27N3O/c1-11(15-12(2)17-18(4)13(15)3)16-9-10-19-14-7-5-6-8-14/h11,14,16H,5-10H2,1-4H3. The maximum absolute atomic E-state index is 5.87. The zero-order valence-electron chi connectivity index (χ0n) is 12.7.